The van der Waals surface area contributed by atoms with E-state index in [1.165, 1.54) is 5.56 Å². The van der Waals surface area contributed by atoms with E-state index in [0.717, 1.165) is 27.9 Å². The number of ether oxygens (including phenoxy) is 1. The second-order valence-electron chi connectivity index (χ2n) is 5.95. The summed E-state index contributed by atoms with van der Waals surface area (Å²) in [5.41, 5.74) is 2.73. The van der Waals surface area contributed by atoms with Crippen molar-refractivity contribution in [2.45, 2.75) is 19.8 Å². The number of carbonyl (C=O) groups excluding carboxylic acids is 2. The minimum absolute atomic E-state index is 0.0815. The van der Waals surface area contributed by atoms with Crippen molar-refractivity contribution in [2.24, 2.45) is 0 Å². The monoisotopic (exact) mass is 450 g/mol. The molecule has 6 heteroatoms. The largest absolute Gasteiger partial charge is 0.484 e. The van der Waals surface area contributed by atoms with Crippen molar-refractivity contribution in [2.75, 3.05) is 23.4 Å². The Balaban J connectivity index is 1.58. The van der Waals surface area contributed by atoms with Crippen molar-refractivity contribution in [3.8, 4) is 5.75 Å². The maximum atomic E-state index is 12.1. The number of amides is 2. The number of carbonyl (C=O) groups is 2. The summed E-state index contributed by atoms with van der Waals surface area (Å²) >= 11 is 2.24. The Morgan fingerprint density at radius 2 is 2.12 bits per heavy atom. The average molecular weight is 450 g/mol. The topological polar surface area (TPSA) is 58.6 Å². The van der Waals surface area contributed by atoms with Crippen molar-refractivity contribution >= 4 is 45.8 Å². The highest BCUT2D eigenvalue weighted by atomic mass is 127. The van der Waals surface area contributed by atoms with E-state index in [4.69, 9.17) is 4.74 Å². The first-order valence-corrected chi connectivity index (χ1v) is 9.20. The van der Waals surface area contributed by atoms with E-state index in [-0.39, 0.29) is 18.4 Å². The van der Waals surface area contributed by atoms with E-state index in [9.17, 15) is 9.59 Å². The summed E-state index contributed by atoms with van der Waals surface area (Å²) in [5.74, 6) is 0.483. The Kier molecular flexibility index (Phi) is 5.57. The number of halogens is 1. The molecule has 0 unspecified atom stereocenters. The molecule has 0 bridgehead atoms. The van der Waals surface area contributed by atoms with Crippen LogP contribution in [0.4, 0.5) is 11.4 Å². The highest BCUT2D eigenvalue weighted by Crippen LogP contribution is 2.25. The molecule has 1 aliphatic rings. The fraction of sp³-hybridized carbons (Fsp3) is 0.263. The van der Waals surface area contributed by atoms with Crippen molar-refractivity contribution in [1.29, 1.82) is 0 Å². The molecular weight excluding hydrogens is 431 g/mol. The van der Waals surface area contributed by atoms with Gasteiger partial charge in [-0.15, -0.1) is 0 Å². The van der Waals surface area contributed by atoms with Gasteiger partial charge in [-0.25, -0.2) is 0 Å². The number of benzene rings is 2. The third-order valence-corrected chi connectivity index (χ3v) is 5.19. The molecule has 0 aromatic heterocycles. The summed E-state index contributed by atoms with van der Waals surface area (Å²) in [6.07, 6.45) is 1.46. The van der Waals surface area contributed by atoms with Crippen LogP contribution in [0.3, 0.4) is 0 Å². The molecule has 3 rings (SSSR count). The molecule has 2 aromatic carbocycles. The van der Waals surface area contributed by atoms with Gasteiger partial charge >= 0.3 is 0 Å². The summed E-state index contributed by atoms with van der Waals surface area (Å²) in [6.45, 7) is 2.67. The van der Waals surface area contributed by atoms with Crippen LogP contribution in [0.5, 0.6) is 5.75 Å². The van der Waals surface area contributed by atoms with E-state index in [1.807, 2.05) is 37.3 Å². The first-order valence-electron chi connectivity index (χ1n) is 8.12. The summed E-state index contributed by atoms with van der Waals surface area (Å²) < 4.78 is 6.67. The number of anilines is 2. The summed E-state index contributed by atoms with van der Waals surface area (Å²) in [4.78, 5) is 25.7. The lowest BCUT2D eigenvalue weighted by Crippen LogP contribution is -2.24. The fourth-order valence-corrected chi connectivity index (χ4v) is 3.19. The van der Waals surface area contributed by atoms with Gasteiger partial charge in [0.05, 0.1) is 0 Å². The van der Waals surface area contributed by atoms with Crippen LogP contribution in [-0.4, -0.2) is 25.0 Å². The van der Waals surface area contributed by atoms with Gasteiger partial charge in [0.1, 0.15) is 5.75 Å². The molecule has 0 radical (unpaired) electrons. The lowest BCUT2D eigenvalue weighted by molar-refractivity contribution is -0.118. The Morgan fingerprint density at radius 1 is 1.28 bits per heavy atom. The van der Waals surface area contributed by atoms with Crippen molar-refractivity contribution in [3.05, 3.63) is 51.6 Å². The molecule has 0 aliphatic carbocycles. The maximum absolute atomic E-state index is 12.1. The Morgan fingerprint density at radius 3 is 2.84 bits per heavy atom. The van der Waals surface area contributed by atoms with E-state index < -0.39 is 0 Å². The molecule has 1 aliphatic heterocycles. The van der Waals surface area contributed by atoms with Gasteiger partial charge in [-0.1, -0.05) is 12.1 Å². The van der Waals surface area contributed by atoms with Gasteiger partial charge in [0.15, 0.2) is 6.61 Å². The molecule has 2 amide bonds. The van der Waals surface area contributed by atoms with Gasteiger partial charge in [-0.2, -0.15) is 0 Å². The van der Waals surface area contributed by atoms with Crippen LogP contribution >= 0.6 is 22.6 Å². The Bertz CT molecular complexity index is 807. The zero-order valence-corrected chi connectivity index (χ0v) is 16.1. The number of rotatable bonds is 5. The molecular formula is C19H19IN2O3. The van der Waals surface area contributed by atoms with Crippen LogP contribution in [0.25, 0.3) is 0 Å². The smallest absolute Gasteiger partial charge is 0.262 e. The van der Waals surface area contributed by atoms with Crippen LogP contribution in [0.15, 0.2) is 42.5 Å². The molecule has 0 spiro atoms. The van der Waals surface area contributed by atoms with Gasteiger partial charge in [-0.05, 0) is 65.8 Å². The normalized spacial score (nSPS) is 13.8. The number of aryl methyl sites for hydroxylation is 1. The number of nitrogens with zero attached hydrogens (tertiary/aromatic N) is 1. The summed E-state index contributed by atoms with van der Waals surface area (Å²) in [5, 5.41) is 2.82. The molecule has 0 saturated carbocycles. The zero-order valence-electron chi connectivity index (χ0n) is 13.9. The molecule has 130 valence electrons. The second kappa shape index (κ2) is 7.86. The number of nitrogens with one attached hydrogen (secondary N) is 1. The predicted molar refractivity (Wildman–Crippen MR) is 106 cm³/mol. The summed E-state index contributed by atoms with van der Waals surface area (Å²) in [7, 11) is 0. The fourth-order valence-electron chi connectivity index (χ4n) is 2.68. The zero-order chi connectivity index (χ0) is 17.8. The quantitative estimate of drug-likeness (QED) is 0.707. The predicted octanol–water partition coefficient (Wildman–Crippen LogP) is 3.74. The molecule has 1 saturated heterocycles. The minimum Gasteiger partial charge on any atom is -0.484 e. The molecule has 2 aromatic rings. The van der Waals surface area contributed by atoms with E-state index in [1.54, 1.807) is 17.0 Å². The van der Waals surface area contributed by atoms with Crippen LogP contribution in [-0.2, 0) is 9.59 Å². The van der Waals surface area contributed by atoms with Crippen molar-refractivity contribution in [1.82, 2.24) is 0 Å². The molecule has 0 atom stereocenters. The molecule has 25 heavy (non-hydrogen) atoms. The van der Waals surface area contributed by atoms with Crippen LogP contribution in [0, 0.1) is 10.5 Å². The van der Waals surface area contributed by atoms with Crippen LogP contribution < -0.4 is 15.0 Å². The van der Waals surface area contributed by atoms with E-state index in [2.05, 4.69) is 27.9 Å². The third kappa shape index (κ3) is 4.50. The maximum Gasteiger partial charge on any atom is 0.262 e. The highest BCUT2D eigenvalue weighted by molar-refractivity contribution is 14.1. The molecule has 1 N–H and O–H groups in total. The van der Waals surface area contributed by atoms with Gasteiger partial charge in [0.25, 0.3) is 5.91 Å². The first kappa shape index (κ1) is 17.7. The van der Waals surface area contributed by atoms with Gasteiger partial charge < -0.3 is 15.0 Å². The lowest BCUT2D eigenvalue weighted by atomic mass is 10.2. The van der Waals surface area contributed by atoms with Crippen LogP contribution in [0.1, 0.15) is 18.4 Å². The second-order valence-corrected chi connectivity index (χ2v) is 7.11. The van der Waals surface area contributed by atoms with Crippen LogP contribution in [0.2, 0.25) is 0 Å². The Hall–Kier alpha value is -2.09. The first-order chi connectivity index (χ1) is 12.0. The average Bonchev–Trinajstić information content (AvgIpc) is 3.03. The molecule has 1 fully saturated rings. The minimum atomic E-state index is -0.220. The van der Waals surface area contributed by atoms with Gasteiger partial charge in [-0.3, -0.25) is 9.59 Å². The van der Waals surface area contributed by atoms with Gasteiger partial charge in [0, 0.05) is 34.0 Å². The lowest BCUT2D eigenvalue weighted by Gasteiger charge is -2.16. The summed E-state index contributed by atoms with van der Waals surface area (Å²) in [6, 6.07) is 13.1. The van der Waals surface area contributed by atoms with E-state index >= 15 is 0 Å². The molecule has 1 heterocycles. The van der Waals surface area contributed by atoms with Gasteiger partial charge in [0.2, 0.25) is 5.91 Å². The van der Waals surface area contributed by atoms with Crippen molar-refractivity contribution in [3.63, 3.8) is 0 Å². The standard InChI is InChI=1S/C19H19IN2O3/c1-13-7-8-14(10-17(13)20)21-18(23)12-25-16-5-2-4-15(11-16)22-9-3-6-19(22)24/h2,4-5,7-8,10-11H,3,6,9,12H2,1H3,(H,21,23). The number of hydrogen-bond donors (Lipinski definition) is 1. The number of hydrogen-bond acceptors (Lipinski definition) is 3. The van der Waals surface area contributed by atoms with E-state index in [0.29, 0.717) is 12.2 Å². The SMILES string of the molecule is Cc1ccc(NC(=O)COc2cccc(N3CCCC3=O)c2)cc1I. The van der Waals surface area contributed by atoms with Crippen molar-refractivity contribution < 1.29 is 14.3 Å². The highest BCUT2D eigenvalue weighted by Gasteiger charge is 2.21. The third-order valence-electron chi connectivity index (χ3n) is 4.03. The molecule has 5 nitrogen and oxygen atoms in total. The Labute approximate surface area is 160 Å².